The van der Waals surface area contributed by atoms with Crippen molar-refractivity contribution < 1.29 is 4.79 Å². The largest absolute Gasteiger partial charge is 0.295 e. The van der Waals surface area contributed by atoms with Gasteiger partial charge in [-0.3, -0.25) is 4.79 Å². The fourth-order valence-corrected chi connectivity index (χ4v) is 2.31. The van der Waals surface area contributed by atoms with Crippen molar-refractivity contribution in [1.82, 2.24) is 0 Å². The molecule has 1 aliphatic rings. The van der Waals surface area contributed by atoms with Gasteiger partial charge in [0.1, 0.15) is 0 Å². The zero-order valence-corrected chi connectivity index (χ0v) is 9.36. The molecule has 0 N–H and O–H groups in total. The lowest BCUT2D eigenvalue weighted by atomic mass is 9.73. The molecule has 0 fully saturated rings. The summed E-state index contributed by atoms with van der Waals surface area (Å²) >= 11 is 0. The van der Waals surface area contributed by atoms with Crippen LogP contribution in [0, 0.1) is 17.8 Å². The number of carbonyl (C=O) groups is 1. The minimum Gasteiger partial charge on any atom is -0.295 e. The predicted octanol–water partition coefficient (Wildman–Crippen LogP) is 3.37. The summed E-state index contributed by atoms with van der Waals surface area (Å²) in [5.74, 6) is 1.45. The topological polar surface area (TPSA) is 17.1 Å². The van der Waals surface area contributed by atoms with Crippen LogP contribution in [0.1, 0.15) is 33.6 Å². The van der Waals surface area contributed by atoms with E-state index < -0.39 is 0 Å². The molecule has 3 atom stereocenters. The van der Waals surface area contributed by atoms with Crippen LogP contribution in [0.4, 0.5) is 0 Å². The second-order valence-corrected chi connectivity index (χ2v) is 4.14. The lowest BCUT2D eigenvalue weighted by molar-refractivity contribution is -0.121. The molecule has 0 amide bonds. The van der Waals surface area contributed by atoms with Crippen LogP contribution in [0.2, 0.25) is 0 Å². The minimum absolute atomic E-state index is 0.209. The monoisotopic (exact) mass is 192 g/mol. The van der Waals surface area contributed by atoms with Crippen LogP contribution in [0.5, 0.6) is 0 Å². The van der Waals surface area contributed by atoms with Crippen molar-refractivity contribution in [2.75, 3.05) is 0 Å². The molecule has 0 heterocycles. The Balaban J connectivity index is 2.81. The predicted molar refractivity (Wildman–Crippen MR) is 60.0 cm³/mol. The number of rotatable bonds is 3. The van der Waals surface area contributed by atoms with Gasteiger partial charge in [0.05, 0.1) is 0 Å². The third-order valence-corrected chi connectivity index (χ3v) is 3.10. The first-order valence-electron chi connectivity index (χ1n) is 5.53. The summed E-state index contributed by atoms with van der Waals surface area (Å²) < 4.78 is 0. The maximum atomic E-state index is 11.9. The van der Waals surface area contributed by atoms with E-state index in [4.69, 9.17) is 0 Å². The second kappa shape index (κ2) is 5.14. The van der Waals surface area contributed by atoms with E-state index >= 15 is 0 Å². The van der Waals surface area contributed by atoms with Gasteiger partial charge in [-0.15, -0.1) is 0 Å². The summed E-state index contributed by atoms with van der Waals surface area (Å²) in [5.41, 5.74) is 0. The van der Waals surface area contributed by atoms with E-state index in [1.807, 2.05) is 13.0 Å². The first kappa shape index (κ1) is 11.2. The third-order valence-electron chi connectivity index (χ3n) is 3.10. The summed E-state index contributed by atoms with van der Waals surface area (Å²) in [4.78, 5) is 11.9. The average Bonchev–Trinajstić information content (AvgIpc) is 2.17. The Morgan fingerprint density at radius 1 is 1.57 bits per heavy atom. The normalized spacial score (nSPS) is 32.4. The van der Waals surface area contributed by atoms with E-state index in [1.54, 1.807) is 6.08 Å². The Kier molecular flexibility index (Phi) is 4.12. The molecule has 14 heavy (non-hydrogen) atoms. The lowest BCUT2D eigenvalue weighted by Crippen LogP contribution is -2.29. The molecule has 0 aliphatic heterocycles. The molecule has 0 saturated heterocycles. The maximum absolute atomic E-state index is 11.9. The molecular formula is C13H20O. The summed E-state index contributed by atoms with van der Waals surface area (Å²) in [6.45, 7) is 6.24. The lowest BCUT2D eigenvalue weighted by Gasteiger charge is -2.30. The summed E-state index contributed by atoms with van der Waals surface area (Å²) in [6, 6.07) is 0. The van der Waals surface area contributed by atoms with Gasteiger partial charge in [0.15, 0.2) is 5.78 Å². The van der Waals surface area contributed by atoms with E-state index in [0.717, 1.165) is 12.8 Å². The van der Waals surface area contributed by atoms with Gasteiger partial charge in [-0.1, -0.05) is 32.1 Å². The number of allylic oxidation sites excluding steroid dienone is 4. The van der Waals surface area contributed by atoms with Gasteiger partial charge >= 0.3 is 0 Å². The Morgan fingerprint density at radius 2 is 2.29 bits per heavy atom. The van der Waals surface area contributed by atoms with Gasteiger partial charge < -0.3 is 0 Å². The van der Waals surface area contributed by atoms with E-state index in [0.29, 0.717) is 17.6 Å². The molecule has 0 saturated carbocycles. The molecule has 0 spiro atoms. The number of ketones is 1. The first-order chi connectivity index (χ1) is 6.70. The maximum Gasteiger partial charge on any atom is 0.159 e. The van der Waals surface area contributed by atoms with Crippen molar-refractivity contribution >= 4 is 5.78 Å². The Hall–Kier alpha value is -0.850. The second-order valence-electron chi connectivity index (χ2n) is 4.14. The van der Waals surface area contributed by atoms with Gasteiger partial charge in [0, 0.05) is 5.92 Å². The van der Waals surface area contributed by atoms with Crippen LogP contribution < -0.4 is 0 Å². The molecule has 1 aliphatic carbocycles. The Morgan fingerprint density at radius 3 is 2.86 bits per heavy atom. The Labute approximate surface area is 86.9 Å². The quantitative estimate of drug-likeness (QED) is 0.495. The Bertz CT molecular complexity index is 250. The summed E-state index contributed by atoms with van der Waals surface area (Å²) in [5, 5.41) is 0. The molecule has 0 bridgehead atoms. The van der Waals surface area contributed by atoms with Crippen LogP contribution in [-0.2, 0) is 4.79 Å². The van der Waals surface area contributed by atoms with Crippen molar-refractivity contribution in [3.63, 3.8) is 0 Å². The highest BCUT2D eigenvalue weighted by molar-refractivity contribution is 5.92. The molecule has 1 rings (SSSR count). The van der Waals surface area contributed by atoms with Crippen LogP contribution >= 0.6 is 0 Å². The van der Waals surface area contributed by atoms with E-state index in [1.165, 1.54) is 0 Å². The molecule has 1 nitrogen and oxygen atoms in total. The number of hydrogen-bond acceptors (Lipinski definition) is 1. The number of hydrogen-bond donors (Lipinski definition) is 0. The standard InChI is InChI=1S/C13H20O/c1-4-7-12(14)13-10(3)8-6-9-11(13)5-2/h4,6-7,9-11,13H,5,8H2,1-3H3/b7-4+/t10-,11-,13-/m0/s1. The smallest absolute Gasteiger partial charge is 0.159 e. The molecule has 0 radical (unpaired) electrons. The highest BCUT2D eigenvalue weighted by atomic mass is 16.1. The summed E-state index contributed by atoms with van der Waals surface area (Å²) in [6.07, 6.45) is 10.1. The molecule has 1 heteroatoms. The molecule has 0 aromatic rings. The fourth-order valence-electron chi connectivity index (χ4n) is 2.31. The highest BCUT2D eigenvalue weighted by Crippen LogP contribution is 2.32. The van der Waals surface area contributed by atoms with Gasteiger partial charge in [0.25, 0.3) is 0 Å². The third kappa shape index (κ3) is 2.34. The minimum atomic E-state index is 0.209. The van der Waals surface area contributed by atoms with Crippen LogP contribution in [-0.4, -0.2) is 5.78 Å². The van der Waals surface area contributed by atoms with Crippen molar-refractivity contribution in [3.8, 4) is 0 Å². The van der Waals surface area contributed by atoms with Crippen molar-refractivity contribution in [3.05, 3.63) is 24.3 Å². The van der Waals surface area contributed by atoms with Gasteiger partial charge in [0.2, 0.25) is 0 Å². The number of carbonyl (C=O) groups excluding carboxylic acids is 1. The molecular weight excluding hydrogens is 172 g/mol. The van der Waals surface area contributed by atoms with Crippen LogP contribution in [0.15, 0.2) is 24.3 Å². The fraction of sp³-hybridized carbons (Fsp3) is 0.615. The SMILES string of the molecule is C/C=C/C(=O)[C@@H]1[C@@H](CC)C=CC[C@@H]1C. The van der Waals surface area contributed by atoms with E-state index in [2.05, 4.69) is 26.0 Å². The van der Waals surface area contributed by atoms with Crippen molar-refractivity contribution in [1.29, 1.82) is 0 Å². The van der Waals surface area contributed by atoms with Gasteiger partial charge in [-0.25, -0.2) is 0 Å². The zero-order valence-electron chi connectivity index (χ0n) is 9.36. The highest BCUT2D eigenvalue weighted by Gasteiger charge is 2.30. The molecule has 78 valence electrons. The van der Waals surface area contributed by atoms with E-state index in [9.17, 15) is 4.79 Å². The van der Waals surface area contributed by atoms with Gasteiger partial charge in [-0.2, -0.15) is 0 Å². The average molecular weight is 192 g/mol. The van der Waals surface area contributed by atoms with E-state index in [-0.39, 0.29) is 5.92 Å². The van der Waals surface area contributed by atoms with Crippen molar-refractivity contribution in [2.45, 2.75) is 33.6 Å². The van der Waals surface area contributed by atoms with Crippen molar-refractivity contribution in [2.24, 2.45) is 17.8 Å². The summed E-state index contributed by atoms with van der Waals surface area (Å²) in [7, 11) is 0. The van der Waals surface area contributed by atoms with Crippen LogP contribution in [0.25, 0.3) is 0 Å². The molecule has 0 aromatic heterocycles. The van der Waals surface area contributed by atoms with Crippen LogP contribution in [0.3, 0.4) is 0 Å². The zero-order chi connectivity index (χ0) is 10.6. The molecule has 0 aromatic carbocycles. The molecule has 0 unspecified atom stereocenters. The van der Waals surface area contributed by atoms with Gasteiger partial charge in [-0.05, 0) is 37.7 Å². The first-order valence-corrected chi connectivity index (χ1v) is 5.53.